The molecular weight excluding hydrogens is 328 g/mol. The smallest absolute Gasteiger partial charge is 0.410 e. The molecule has 2 heterocycles. The van der Waals surface area contributed by atoms with Crippen LogP contribution in [0.4, 0.5) is 4.79 Å². The predicted octanol–water partition coefficient (Wildman–Crippen LogP) is 3.72. The third-order valence-electron chi connectivity index (χ3n) is 4.39. The third kappa shape index (κ3) is 3.95. The number of benzene rings is 1. The van der Waals surface area contributed by atoms with Crippen molar-refractivity contribution in [3.05, 3.63) is 28.8 Å². The van der Waals surface area contributed by atoms with E-state index in [-0.39, 0.29) is 6.09 Å². The zero-order chi connectivity index (χ0) is 17.3. The molecule has 24 heavy (non-hydrogen) atoms. The summed E-state index contributed by atoms with van der Waals surface area (Å²) in [6.45, 7) is 9.44. The summed E-state index contributed by atoms with van der Waals surface area (Å²) >= 11 is 6.07. The van der Waals surface area contributed by atoms with Crippen molar-refractivity contribution in [2.24, 2.45) is 0 Å². The molecule has 0 aromatic heterocycles. The van der Waals surface area contributed by atoms with Crippen LogP contribution in [0, 0.1) is 0 Å². The van der Waals surface area contributed by atoms with Crippen LogP contribution in [0.25, 0.3) is 0 Å². The number of piperazine rings is 1. The van der Waals surface area contributed by atoms with Crippen LogP contribution >= 0.6 is 11.6 Å². The molecule has 1 unspecified atom stereocenters. The first-order valence-electron chi connectivity index (χ1n) is 8.48. The van der Waals surface area contributed by atoms with Crippen molar-refractivity contribution in [3.8, 4) is 5.75 Å². The molecule has 3 rings (SSSR count). The van der Waals surface area contributed by atoms with Crippen LogP contribution in [0.1, 0.15) is 38.8 Å². The Labute approximate surface area is 148 Å². The van der Waals surface area contributed by atoms with E-state index < -0.39 is 5.60 Å². The lowest BCUT2D eigenvalue weighted by Gasteiger charge is -2.41. The van der Waals surface area contributed by atoms with Gasteiger partial charge >= 0.3 is 6.09 Å². The second-order valence-corrected chi connectivity index (χ2v) is 7.77. The van der Waals surface area contributed by atoms with Gasteiger partial charge in [-0.1, -0.05) is 17.7 Å². The van der Waals surface area contributed by atoms with Gasteiger partial charge in [-0.2, -0.15) is 0 Å². The second kappa shape index (κ2) is 6.81. The third-order valence-corrected chi connectivity index (χ3v) is 4.63. The van der Waals surface area contributed by atoms with E-state index in [0.29, 0.717) is 30.8 Å². The average molecular weight is 353 g/mol. The Bertz CT molecular complexity index is 607. The number of amides is 1. The summed E-state index contributed by atoms with van der Waals surface area (Å²) in [4.78, 5) is 16.4. The molecule has 1 aromatic carbocycles. The summed E-state index contributed by atoms with van der Waals surface area (Å²) in [5.74, 6) is 0.883. The number of hydrogen-bond donors (Lipinski definition) is 0. The number of rotatable bonds is 1. The zero-order valence-electron chi connectivity index (χ0n) is 14.5. The van der Waals surface area contributed by atoms with Crippen LogP contribution in [0.15, 0.2) is 18.2 Å². The van der Waals surface area contributed by atoms with Crippen molar-refractivity contribution >= 4 is 17.7 Å². The van der Waals surface area contributed by atoms with Gasteiger partial charge in [0, 0.05) is 49.2 Å². The first kappa shape index (κ1) is 17.4. The maximum Gasteiger partial charge on any atom is 0.410 e. The topological polar surface area (TPSA) is 42.0 Å². The van der Waals surface area contributed by atoms with Crippen molar-refractivity contribution in [3.63, 3.8) is 0 Å². The molecular formula is C18H25ClN2O3. The molecule has 2 aliphatic heterocycles. The first-order valence-corrected chi connectivity index (χ1v) is 8.85. The van der Waals surface area contributed by atoms with Gasteiger partial charge in [-0.05, 0) is 32.9 Å². The zero-order valence-corrected chi connectivity index (χ0v) is 15.3. The molecule has 1 atom stereocenters. The highest BCUT2D eigenvalue weighted by atomic mass is 35.5. The largest absolute Gasteiger partial charge is 0.493 e. The van der Waals surface area contributed by atoms with Crippen LogP contribution < -0.4 is 4.74 Å². The van der Waals surface area contributed by atoms with Crippen LogP contribution in [-0.2, 0) is 4.74 Å². The van der Waals surface area contributed by atoms with Crippen LogP contribution in [0.3, 0.4) is 0 Å². The highest BCUT2D eigenvalue weighted by Gasteiger charge is 2.32. The molecule has 0 spiro atoms. The summed E-state index contributed by atoms with van der Waals surface area (Å²) in [5.41, 5.74) is 0.740. The van der Waals surface area contributed by atoms with Crippen LogP contribution in [0.5, 0.6) is 5.75 Å². The van der Waals surface area contributed by atoms with Gasteiger partial charge in [0.15, 0.2) is 0 Å². The lowest BCUT2D eigenvalue weighted by molar-refractivity contribution is 0.00778. The van der Waals surface area contributed by atoms with Gasteiger partial charge in [0.05, 0.1) is 6.61 Å². The van der Waals surface area contributed by atoms with E-state index in [9.17, 15) is 4.79 Å². The van der Waals surface area contributed by atoms with E-state index in [1.807, 2.05) is 32.9 Å². The first-order chi connectivity index (χ1) is 11.3. The summed E-state index contributed by atoms with van der Waals surface area (Å²) in [6, 6.07) is 6.19. The monoisotopic (exact) mass is 352 g/mol. The van der Waals surface area contributed by atoms with Crippen molar-refractivity contribution in [1.29, 1.82) is 0 Å². The minimum atomic E-state index is -0.451. The maximum atomic E-state index is 12.2. The number of nitrogens with zero attached hydrogens (tertiary/aromatic N) is 2. The lowest BCUT2D eigenvalue weighted by atomic mass is 9.98. The van der Waals surface area contributed by atoms with Crippen molar-refractivity contribution < 1.29 is 14.3 Å². The van der Waals surface area contributed by atoms with E-state index in [1.165, 1.54) is 5.56 Å². The summed E-state index contributed by atoms with van der Waals surface area (Å²) in [6.07, 6.45) is 0.738. The van der Waals surface area contributed by atoms with Gasteiger partial charge in [0.1, 0.15) is 11.4 Å². The number of ether oxygens (including phenoxy) is 2. The summed E-state index contributed by atoms with van der Waals surface area (Å²) < 4.78 is 11.2. The molecule has 0 radical (unpaired) electrons. The Kier molecular flexibility index (Phi) is 4.92. The number of carbonyl (C=O) groups excluding carboxylic acids is 1. The lowest BCUT2D eigenvalue weighted by Crippen LogP contribution is -2.51. The molecule has 1 amide bonds. The Hall–Kier alpha value is -1.46. The van der Waals surface area contributed by atoms with Crippen molar-refractivity contribution in [1.82, 2.24) is 9.80 Å². The molecule has 132 valence electrons. The fourth-order valence-corrected chi connectivity index (χ4v) is 3.43. The number of halogens is 1. The van der Waals surface area contributed by atoms with Gasteiger partial charge in [-0.25, -0.2) is 4.79 Å². The van der Waals surface area contributed by atoms with Crippen LogP contribution in [-0.4, -0.2) is 54.3 Å². The molecule has 6 heteroatoms. The molecule has 0 N–H and O–H groups in total. The SMILES string of the molecule is CC(C)(C)OC(=O)N1CCN(C2CCOc3cc(Cl)ccc32)CC1. The molecule has 0 aliphatic carbocycles. The number of fused-ring (bicyclic) bond motifs is 1. The second-order valence-electron chi connectivity index (χ2n) is 7.34. The fraction of sp³-hybridized carbons (Fsp3) is 0.611. The standard InChI is InChI=1S/C18H25ClN2O3/c1-18(2,3)24-17(22)21-9-7-20(8-10-21)15-6-11-23-16-12-13(19)4-5-14(15)16/h4-5,12,15H,6-11H2,1-3H3. The minimum Gasteiger partial charge on any atom is -0.493 e. The molecule has 0 saturated carbocycles. The summed E-state index contributed by atoms with van der Waals surface area (Å²) in [5, 5.41) is 0.698. The normalized spacial score (nSPS) is 21.8. The van der Waals surface area contributed by atoms with Gasteiger partial charge in [0.2, 0.25) is 0 Å². The highest BCUT2D eigenvalue weighted by molar-refractivity contribution is 6.30. The van der Waals surface area contributed by atoms with Gasteiger partial charge < -0.3 is 14.4 Å². The van der Waals surface area contributed by atoms with E-state index in [2.05, 4.69) is 11.0 Å². The summed E-state index contributed by atoms with van der Waals surface area (Å²) in [7, 11) is 0. The van der Waals surface area contributed by atoms with Crippen molar-refractivity contribution in [2.75, 3.05) is 32.8 Å². The minimum absolute atomic E-state index is 0.221. The molecule has 0 bridgehead atoms. The fourth-order valence-electron chi connectivity index (χ4n) is 3.27. The van der Waals surface area contributed by atoms with Gasteiger partial charge in [-0.15, -0.1) is 0 Å². The Balaban J connectivity index is 1.63. The van der Waals surface area contributed by atoms with Crippen LogP contribution in [0.2, 0.25) is 5.02 Å². The van der Waals surface area contributed by atoms with Gasteiger partial charge in [0.25, 0.3) is 0 Å². The predicted molar refractivity (Wildman–Crippen MR) is 93.7 cm³/mol. The average Bonchev–Trinajstić information content (AvgIpc) is 2.52. The molecule has 1 saturated heterocycles. The molecule has 1 fully saturated rings. The number of hydrogen-bond acceptors (Lipinski definition) is 4. The number of carbonyl (C=O) groups is 1. The molecule has 5 nitrogen and oxygen atoms in total. The quantitative estimate of drug-likeness (QED) is 0.772. The molecule has 2 aliphatic rings. The van der Waals surface area contributed by atoms with E-state index in [4.69, 9.17) is 21.1 Å². The van der Waals surface area contributed by atoms with Gasteiger partial charge in [-0.3, -0.25) is 4.90 Å². The highest BCUT2D eigenvalue weighted by Crippen LogP contribution is 2.37. The van der Waals surface area contributed by atoms with Crippen molar-refractivity contribution in [2.45, 2.75) is 38.8 Å². The van der Waals surface area contributed by atoms with E-state index in [0.717, 1.165) is 25.3 Å². The van der Waals surface area contributed by atoms with E-state index in [1.54, 1.807) is 4.90 Å². The maximum absolute atomic E-state index is 12.2. The van der Waals surface area contributed by atoms with E-state index >= 15 is 0 Å². The molecule has 1 aromatic rings. The Morgan fingerprint density at radius 3 is 2.62 bits per heavy atom. The Morgan fingerprint density at radius 1 is 1.25 bits per heavy atom. The Morgan fingerprint density at radius 2 is 1.96 bits per heavy atom.